The molecule has 0 bridgehead atoms. The molecule has 0 aliphatic heterocycles. The first-order valence-corrected chi connectivity index (χ1v) is 7.07. The molecule has 0 N–H and O–H groups in total. The normalized spacial score (nSPS) is 12.7. The largest absolute Gasteiger partial charge is 0.416 e. The SMILES string of the molecule is CN(Cc1ccc(C(F)(F)F)cc1)Cc1ccccc1C(F)(F)F. The minimum absolute atomic E-state index is 0.0384. The van der Waals surface area contributed by atoms with E-state index < -0.39 is 23.5 Å². The number of hydrogen-bond donors (Lipinski definition) is 0. The van der Waals surface area contributed by atoms with E-state index in [2.05, 4.69) is 0 Å². The molecule has 0 aliphatic carbocycles. The summed E-state index contributed by atoms with van der Waals surface area (Å²) in [4.78, 5) is 1.62. The molecule has 0 fully saturated rings. The highest BCUT2D eigenvalue weighted by Crippen LogP contribution is 2.32. The molecule has 0 heterocycles. The van der Waals surface area contributed by atoms with E-state index in [-0.39, 0.29) is 18.7 Å². The predicted molar refractivity (Wildman–Crippen MR) is 78.1 cm³/mol. The number of alkyl halides is 6. The van der Waals surface area contributed by atoms with Crippen LogP contribution >= 0.6 is 0 Å². The van der Waals surface area contributed by atoms with Gasteiger partial charge >= 0.3 is 12.4 Å². The molecule has 2 rings (SSSR count). The first-order chi connectivity index (χ1) is 11.1. The van der Waals surface area contributed by atoms with Crippen LogP contribution in [0.2, 0.25) is 0 Å². The molecule has 2 aromatic rings. The van der Waals surface area contributed by atoms with Gasteiger partial charge in [-0.2, -0.15) is 26.3 Å². The third-order valence-corrected chi connectivity index (χ3v) is 3.50. The van der Waals surface area contributed by atoms with Crippen molar-refractivity contribution in [3.8, 4) is 0 Å². The van der Waals surface area contributed by atoms with Gasteiger partial charge in [0.2, 0.25) is 0 Å². The zero-order valence-corrected chi connectivity index (χ0v) is 12.7. The van der Waals surface area contributed by atoms with Crippen molar-refractivity contribution in [1.29, 1.82) is 0 Å². The molecular formula is C17H15F6N. The Bertz CT molecular complexity index is 673. The van der Waals surface area contributed by atoms with Gasteiger partial charge in [-0.15, -0.1) is 0 Å². The second-order valence-corrected chi connectivity index (χ2v) is 5.52. The maximum absolute atomic E-state index is 13.0. The highest BCUT2D eigenvalue weighted by atomic mass is 19.4. The molecule has 0 saturated heterocycles. The molecule has 0 amide bonds. The molecule has 24 heavy (non-hydrogen) atoms. The molecule has 7 heteroatoms. The van der Waals surface area contributed by atoms with Crippen molar-refractivity contribution in [2.75, 3.05) is 7.05 Å². The van der Waals surface area contributed by atoms with Crippen LogP contribution in [0.15, 0.2) is 48.5 Å². The summed E-state index contributed by atoms with van der Waals surface area (Å²) in [5.74, 6) is 0. The van der Waals surface area contributed by atoms with Crippen molar-refractivity contribution in [1.82, 2.24) is 4.90 Å². The van der Waals surface area contributed by atoms with E-state index in [1.807, 2.05) is 0 Å². The van der Waals surface area contributed by atoms with E-state index in [4.69, 9.17) is 0 Å². The molecule has 2 aromatic carbocycles. The maximum atomic E-state index is 13.0. The Labute approximate surface area is 135 Å². The van der Waals surface area contributed by atoms with E-state index in [9.17, 15) is 26.3 Å². The van der Waals surface area contributed by atoms with Crippen molar-refractivity contribution in [3.05, 3.63) is 70.8 Å². The summed E-state index contributed by atoms with van der Waals surface area (Å²) in [6.45, 7) is 0.279. The third-order valence-electron chi connectivity index (χ3n) is 3.50. The zero-order valence-electron chi connectivity index (χ0n) is 12.7. The fourth-order valence-corrected chi connectivity index (χ4v) is 2.39. The Morgan fingerprint density at radius 1 is 0.750 bits per heavy atom. The summed E-state index contributed by atoms with van der Waals surface area (Å²) in [5, 5.41) is 0. The van der Waals surface area contributed by atoms with Crippen molar-refractivity contribution in [3.63, 3.8) is 0 Å². The van der Waals surface area contributed by atoms with Gasteiger partial charge in [0.25, 0.3) is 0 Å². The van der Waals surface area contributed by atoms with Crippen LogP contribution in [0.3, 0.4) is 0 Å². The standard InChI is InChI=1S/C17H15F6N/c1-24(10-12-6-8-14(9-7-12)16(18,19)20)11-13-4-2-3-5-15(13)17(21,22)23/h2-9H,10-11H2,1H3. The van der Waals surface area contributed by atoms with Crippen LogP contribution in [0.5, 0.6) is 0 Å². The Hall–Kier alpha value is -2.02. The fraction of sp³-hybridized carbons (Fsp3) is 0.294. The van der Waals surface area contributed by atoms with E-state index in [1.54, 1.807) is 11.9 Å². The first-order valence-electron chi connectivity index (χ1n) is 7.07. The second-order valence-electron chi connectivity index (χ2n) is 5.52. The summed E-state index contributed by atoms with van der Waals surface area (Å²) < 4.78 is 76.4. The lowest BCUT2D eigenvalue weighted by molar-refractivity contribution is -0.138. The molecule has 130 valence electrons. The summed E-state index contributed by atoms with van der Waals surface area (Å²) in [7, 11) is 1.62. The molecule has 0 atom stereocenters. The Balaban J connectivity index is 2.08. The fourth-order valence-electron chi connectivity index (χ4n) is 2.39. The van der Waals surface area contributed by atoms with Crippen LogP contribution in [-0.2, 0) is 25.4 Å². The average molecular weight is 347 g/mol. The van der Waals surface area contributed by atoms with E-state index >= 15 is 0 Å². The lowest BCUT2D eigenvalue weighted by Crippen LogP contribution is -2.20. The first kappa shape index (κ1) is 18.3. The van der Waals surface area contributed by atoms with Gasteiger partial charge in [-0.3, -0.25) is 4.90 Å². The van der Waals surface area contributed by atoms with E-state index in [0.29, 0.717) is 5.56 Å². The molecule has 0 unspecified atom stereocenters. The van der Waals surface area contributed by atoms with Gasteiger partial charge in [0.1, 0.15) is 0 Å². The zero-order chi connectivity index (χ0) is 18.0. The lowest BCUT2D eigenvalue weighted by Gasteiger charge is -2.20. The van der Waals surface area contributed by atoms with Gasteiger partial charge in [-0.1, -0.05) is 30.3 Å². The maximum Gasteiger partial charge on any atom is 0.416 e. The molecule has 1 nitrogen and oxygen atoms in total. The number of benzene rings is 2. The van der Waals surface area contributed by atoms with Crippen LogP contribution in [0, 0.1) is 0 Å². The van der Waals surface area contributed by atoms with Gasteiger partial charge < -0.3 is 0 Å². The van der Waals surface area contributed by atoms with E-state index in [1.165, 1.54) is 30.3 Å². The van der Waals surface area contributed by atoms with E-state index in [0.717, 1.165) is 18.2 Å². The van der Waals surface area contributed by atoms with Crippen LogP contribution in [0.25, 0.3) is 0 Å². The lowest BCUT2D eigenvalue weighted by atomic mass is 10.1. The van der Waals surface area contributed by atoms with Crippen molar-refractivity contribution >= 4 is 0 Å². The van der Waals surface area contributed by atoms with Crippen LogP contribution < -0.4 is 0 Å². The smallest absolute Gasteiger partial charge is 0.298 e. The van der Waals surface area contributed by atoms with Gasteiger partial charge in [0.15, 0.2) is 0 Å². The minimum atomic E-state index is -4.44. The van der Waals surface area contributed by atoms with Gasteiger partial charge in [0.05, 0.1) is 11.1 Å². The summed E-state index contributed by atoms with van der Waals surface area (Å²) in [5.41, 5.74) is -0.741. The molecule has 0 radical (unpaired) electrons. The summed E-state index contributed by atoms with van der Waals surface area (Å²) in [6, 6.07) is 9.84. The van der Waals surface area contributed by atoms with Crippen LogP contribution in [-0.4, -0.2) is 11.9 Å². The van der Waals surface area contributed by atoms with Gasteiger partial charge in [0, 0.05) is 13.1 Å². The van der Waals surface area contributed by atoms with Crippen LogP contribution in [0.1, 0.15) is 22.3 Å². The minimum Gasteiger partial charge on any atom is -0.298 e. The average Bonchev–Trinajstić information content (AvgIpc) is 2.46. The summed E-state index contributed by atoms with van der Waals surface area (Å²) >= 11 is 0. The van der Waals surface area contributed by atoms with Gasteiger partial charge in [-0.05, 0) is 36.4 Å². The molecule has 0 aromatic heterocycles. The van der Waals surface area contributed by atoms with Gasteiger partial charge in [-0.25, -0.2) is 0 Å². The number of nitrogens with zero attached hydrogens (tertiary/aromatic N) is 1. The topological polar surface area (TPSA) is 3.24 Å². The second kappa shape index (κ2) is 6.84. The van der Waals surface area contributed by atoms with Crippen molar-refractivity contribution in [2.45, 2.75) is 25.4 Å². The number of hydrogen-bond acceptors (Lipinski definition) is 1. The predicted octanol–water partition coefficient (Wildman–Crippen LogP) is 5.36. The van der Waals surface area contributed by atoms with Crippen molar-refractivity contribution in [2.24, 2.45) is 0 Å². The highest BCUT2D eigenvalue weighted by Gasteiger charge is 2.33. The van der Waals surface area contributed by atoms with Crippen LogP contribution in [0.4, 0.5) is 26.3 Å². The number of halogens is 6. The quantitative estimate of drug-likeness (QED) is 0.674. The third kappa shape index (κ3) is 4.74. The molecule has 0 aliphatic rings. The molecule has 0 spiro atoms. The molecular weight excluding hydrogens is 332 g/mol. The number of rotatable bonds is 4. The van der Waals surface area contributed by atoms with Crippen molar-refractivity contribution < 1.29 is 26.3 Å². The Morgan fingerprint density at radius 2 is 1.33 bits per heavy atom. The Kier molecular flexibility index (Phi) is 5.22. The summed E-state index contributed by atoms with van der Waals surface area (Å²) in [6.07, 6.45) is -8.85. The monoisotopic (exact) mass is 347 g/mol. The Morgan fingerprint density at radius 3 is 1.88 bits per heavy atom. The highest BCUT2D eigenvalue weighted by molar-refractivity contribution is 5.30. The molecule has 0 saturated carbocycles.